The number of hydrogen-bond donors (Lipinski definition) is 2. The Morgan fingerprint density at radius 1 is 1.23 bits per heavy atom. The zero-order valence-corrected chi connectivity index (χ0v) is 12.5. The molecule has 5 nitrogen and oxygen atoms in total. The van der Waals surface area contributed by atoms with Crippen molar-refractivity contribution in [2.24, 2.45) is 5.73 Å². The van der Waals surface area contributed by atoms with Crippen LogP contribution in [-0.2, 0) is 17.8 Å². The molecule has 5 heteroatoms. The molecule has 1 saturated carbocycles. The quantitative estimate of drug-likeness (QED) is 0.913. The lowest BCUT2D eigenvalue weighted by Gasteiger charge is -2.11. The van der Waals surface area contributed by atoms with E-state index >= 15 is 0 Å². The van der Waals surface area contributed by atoms with Gasteiger partial charge in [0.1, 0.15) is 5.82 Å². The molecule has 1 fully saturated rings. The lowest BCUT2D eigenvalue weighted by molar-refractivity contribution is -0.118. The molecule has 3 N–H and O–H groups in total. The molecule has 1 aliphatic heterocycles. The predicted octanol–water partition coefficient (Wildman–Crippen LogP) is 2.32. The highest BCUT2D eigenvalue weighted by molar-refractivity contribution is 6.00. The molecule has 0 saturated heterocycles. The number of benzene rings is 1. The maximum Gasteiger partial charge on any atom is 0.244 e. The summed E-state index contributed by atoms with van der Waals surface area (Å²) in [7, 11) is 0. The second kappa shape index (κ2) is 4.95. The van der Waals surface area contributed by atoms with Crippen LogP contribution in [0.3, 0.4) is 0 Å². The van der Waals surface area contributed by atoms with Crippen molar-refractivity contribution in [2.45, 2.75) is 44.2 Å². The zero-order valence-electron chi connectivity index (χ0n) is 12.5. The van der Waals surface area contributed by atoms with Gasteiger partial charge in [-0.3, -0.25) is 4.79 Å². The average molecular weight is 296 g/mol. The van der Waals surface area contributed by atoms with E-state index in [0.29, 0.717) is 0 Å². The summed E-state index contributed by atoms with van der Waals surface area (Å²) in [5, 5.41) is 2.88. The molecule has 1 aromatic heterocycles. The molecule has 114 valence electrons. The number of fused-ring (bicyclic) bond motifs is 1. The molecule has 4 rings (SSSR count). The smallest absolute Gasteiger partial charge is 0.244 e. The van der Waals surface area contributed by atoms with E-state index in [-0.39, 0.29) is 5.91 Å². The van der Waals surface area contributed by atoms with E-state index in [1.54, 1.807) is 0 Å². The molecule has 0 spiro atoms. The Bertz CT molecular complexity index is 689. The highest BCUT2D eigenvalue weighted by Crippen LogP contribution is 2.33. The van der Waals surface area contributed by atoms with Crippen LogP contribution < -0.4 is 11.1 Å². The lowest BCUT2D eigenvalue weighted by Crippen LogP contribution is -2.37. The van der Waals surface area contributed by atoms with Crippen molar-refractivity contribution in [3.63, 3.8) is 0 Å². The highest BCUT2D eigenvalue weighted by Gasteiger charge is 2.45. The number of hydrogen-bond acceptors (Lipinski definition) is 3. The van der Waals surface area contributed by atoms with Gasteiger partial charge >= 0.3 is 0 Å². The second-order valence-corrected chi connectivity index (χ2v) is 6.38. The molecular formula is C17H20N4O. The second-order valence-electron chi connectivity index (χ2n) is 6.38. The molecule has 2 aliphatic rings. The summed E-state index contributed by atoms with van der Waals surface area (Å²) in [4.78, 5) is 16.6. The van der Waals surface area contributed by atoms with Crippen LogP contribution in [0.5, 0.6) is 0 Å². The number of rotatable bonds is 3. The minimum atomic E-state index is -0.637. The summed E-state index contributed by atoms with van der Waals surface area (Å²) in [6.07, 6.45) is 7.19. The third-order valence-corrected chi connectivity index (χ3v) is 4.59. The maximum atomic E-state index is 11.9. The lowest BCUT2D eigenvalue weighted by atomic mass is 10.1. The standard InChI is InChI=1S/C17H20N4O/c18-17(8-9-17)16(22)19-13-6-4-12(5-7-13)14-11-21-10-2-1-3-15(21)20-14/h4-7,11H,1-3,8-10,18H2,(H,19,22). The van der Waals surface area contributed by atoms with Gasteiger partial charge in [-0.05, 0) is 37.8 Å². The van der Waals surface area contributed by atoms with E-state index in [9.17, 15) is 4.79 Å². The molecule has 0 unspecified atom stereocenters. The Labute approximate surface area is 129 Å². The highest BCUT2D eigenvalue weighted by atomic mass is 16.2. The summed E-state index contributed by atoms with van der Waals surface area (Å²) in [5.74, 6) is 1.09. The predicted molar refractivity (Wildman–Crippen MR) is 85.4 cm³/mol. The zero-order chi connectivity index (χ0) is 15.2. The van der Waals surface area contributed by atoms with E-state index in [4.69, 9.17) is 10.7 Å². The van der Waals surface area contributed by atoms with Crippen LogP contribution in [0, 0.1) is 0 Å². The number of aromatic nitrogens is 2. The van der Waals surface area contributed by atoms with Crippen molar-refractivity contribution in [3.05, 3.63) is 36.3 Å². The van der Waals surface area contributed by atoms with Crippen LogP contribution in [0.4, 0.5) is 5.69 Å². The van der Waals surface area contributed by atoms with Gasteiger partial charge in [0.2, 0.25) is 5.91 Å². The van der Waals surface area contributed by atoms with Crippen LogP contribution >= 0.6 is 0 Å². The van der Waals surface area contributed by atoms with Crippen molar-refractivity contribution in [1.29, 1.82) is 0 Å². The fraction of sp³-hybridized carbons (Fsp3) is 0.412. The van der Waals surface area contributed by atoms with Gasteiger partial charge in [0.15, 0.2) is 0 Å². The number of imidazole rings is 1. The van der Waals surface area contributed by atoms with Gasteiger partial charge in [-0.1, -0.05) is 12.1 Å². The first-order valence-electron chi connectivity index (χ1n) is 7.91. The molecule has 0 radical (unpaired) electrons. The molecule has 2 aromatic rings. The molecule has 1 aromatic carbocycles. The molecule has 1 amide bonds. The third-order valence-electron chi connectivity index (χ3n) is 4.59. The first-order chi connectivity index (χ1) is 10.6. The van der Waals surface area contributed by atoms with E-state index in [2.05, 4.69) is 16.1 Å². The van der Waals surface area contributed by atoms with Gasteiger partial charge in [-0.2, -0.15) is 0 Å². The number of carbonyl (C=O) groups is 1. The van der Waals surface area contributed by atoms with Crippen molar-refractivity contribution >= 4 is 11.6 Å². The molecular weight excluding hydrogens is 276 g/mol. The van der Waals surface area contributed by atoms with Crippen LogP contribution in [0.25, 0.3) is 11.3 Å². The largest absolute Gasteiger partial charge is 0.334 e. The Morgan fingerprint density at radius 3 is 2.68 bits per heavy atom. The fourth-order valence-corrected chi connectivity index (χ4v) is 2.89. The fourth-order valence-electron chi connectivity index (χ4n) is 2.89. The van der Waals surface area contributed by atoms with Crippen LogP contribution in [0.1, 0.15) is 31.5 Å². The molecule has 1 aliphatic carbocycles. The van der Waals surface area contributed by atoms with Crippen molar-refractivity contribution in [2.75, 3.05) is 5.32 Å². The number of amides is 1. The summed E-state index contributed by atoms with van der Waals surface area (Å²) in [6.45, 7) is 1.06. The normalized spacial score (nSPS) is 18.6. The van der Waals surface area contributed by atoms with Gasteiger partial charge in [0.05, 0.1) is 11.2 Å². The Hall–Kier alpha value is -2.14. The first-order valence-corrected chi connectivity index (χ1v) is 7.91. The SMILES string of the molecule is NC1(C(=O)Nc2ccc(-c3cn4c(n3)CCCC4)cc2)CC1. The molecule has 22 heavy (non-hydrogen) atoms. The Balaban J connectivity index is 1.51. The number of aryl methyl sites for hydroxylation is 2. The third kappa shape index (κ3) is 2.41. The number of nitrogens with one attached hydrogen (secondary N) is 1. The Kier molecular flexibility index (Phi) is 3.04. The number of nitrogens with two attached hydrogens (primary N) is 1. The van der Waals surface area contributed by atoms with Crippen LogP contribution in [-0.4, -0.2) is 21.0 Å². The average Bonchev–Trinajstić information content (AvgIpc) is 3.14. The van der Waals surface area contributed by atoms with Crippen molar-refractivity contribution in [1.82, 2.24) is 9.55 Å². The topological polar surface area (TPSA) is 72.9 Å². The first kappa shape index (κ1) is 13.5. The van der Waals surface area contributed by atoms with Crippen molar-refractivity contribution < 1.29 is 4.79 Å². The summed E-state index contributed by atoms with van der Waals surface area (Å²) < 4.78 is 2.25. The minimum Gasteiger partial charge on any atom is -0.334 e. The van der Waals surface area contributed by atoms with Crippen LogP contribution in [0.15, 0.2) is 30.5 Å². The molecule has 0 atom stereocenters. The number of nitrogens with zero attached hydrogens (tertiary/aromatic N) is 2. The van der Waals surface area contributed by atoms with Gasteiger partial charge in [-0.15, -0.1) is 0 Å². The van der Waals surface area contributed by atoms with E-state index in [1.165, 1.54) is 18.7 Å². The van der Waals surface area contributed by atoms with Gasteiger partial charge in [0.25, 0.3) is 0 Å². The number of anilines is 1. The van der Waals surface area contributed by atoms with Gasteiger partial charge < -0.3 is 15.6 Å². The summed E-state index contributed by atoms with van der Waals surface area (Å²) in [5.41, 5.74) is 8.12. The Morgan fingerprint density at radius 2 is 2.00 bits per heavy atom. The molecule has 0 bridgehead atoms. The molecule has 2 heterocycles. The summed E-state index contributed by atoms with van der Waals surface area (Å²) >= 11 is 0. The maximum absolute atomic E-state index is 11.9. The van der Waals surface area contributed by atoms with E-state index < -0.39 is 5.54 Å². The monoisotopic (exact) mass is 296 g/mol. The van der Waals surface area contributed by atoms with E-state index in [1.807, 2.05) is 24.3 Å². The summed E-state index contributed by atoms with van der Waals surface area (Å²) in [6, 6.07) is 7.83. The van der Waals surface area contributed by atoms with E-state index in [0.717, 1.165) is 42.8 Å². The number of carbonyl (C=O) groups excluding carboxylic acids is 1. The minimum absolute atomic E-state index is 0.0855. The van der Waals surface area contributed by atoms with Gasteiger partial charge in [0, 0.05) is 30.4 Å². The van der Waals surface area contributed by atoms with Crippen LogP contribution in [0.2, 0.25) is 0 Å². The van der Waals surface area contributed by atoms with Crippen molar-refractivity contribution in [3.8, 4) is 11.3 Å². The van der Waals surface area contributed by atoms with Gasteiger partial charge in [-0.25, -0.2) is 4.98 Å².